The molecule has 0 heterocycles. The average molecular weight is 305 g/mol. The first-order valence-electron chi connectivity index (χ1n) is 6.95. The molecule has 4 heteroatoms. The first-order chi connectivity index (χ1) is 9.76. The fraction of sp³-hybridized carbons (Fsp3) is 0.412. The zero-order valence-corrected chi connectivity index (χ0v) is 13.7. The summed E-state index contributed by atoms with van der Waals surface area (Å²) in [4.78, 5) is 12.5. The van der Waals surface area contributed by atoms with Gasteiger partial charge in [0.05, 0.1) is 5.57 Å². The van der Waals surface area contributed by atoms with Crippen LogP contribution >= 0.6 is 12.2 Å². The Hall–Kier alpha value is -1.68. The van der Waals surface area contributed by atoms with E-state index >= 15 is 0 Å². The normalized spacial score (nSPS) is 19.0. The van der Waals surface area contributed by atoms with Gasteiger partial charge in [0.15, 0.2) is 5.78 Å². The van der Waals surface area contributed by atoms with Crippen molar-refractivity contribution in [1.82, 2.24) is 5.32 Å². The molecule has 0 saturated heterocycles. The van der Waals surface area contributed by atoms with E-state index in [1.54, 1.807) is 6.08 Å². The molecule has 0 spiro atoms. The van der Waals surface area contributed by atoms with Gasteiger partial charge in [-0.3, -0.25) is 4.79 Å². The Morgan fingerprint density at radius 1 is 1.43 bits per heavy atom. The van der Waals surface area contributed by atoms with Crippen LogP contribution < -0.4 is 5.32 Å². The number of thiocarbonyl (C=S) groups is 1. The third-order valence-electron chi connectivity index (χ3n) is 3.24. The minimum Gasteiger partial charge on any atom is -0.511 e. The lowest BCUT2D eigenvalue weighted by molar-refractivity contribution is -0.117. The Morgan fingerprint density at radius 3 is 2.67 bits per heavy atom. The molecule has 114 valence electrons. The van der Waals surface area contributed by atoms with Gasteiger partial charge in [0.2, 0.25) is 0 Å². The number of hydrogen-bond acceptors (Lipinski definition) is 3. The zero-order chi connectivity index (χ0) is 16.0. The maximum absolute atomic E-state index is 12.1. The summed E-state index contributed by atoms with van der Waals surface area (Å²) < 4.78 is 0. The molecular formula is C17H23NO2S. The number of nitrogens with one attached hydrogen (secondary N) is 1. The minimum absolute atomic E-state index is 0.0885. The van der Waals surface area contributed by atoms with Crippen LogP contribution in [0.25, 0.3) is 0 Å². The van der Waals surface area contributed by atoms with Gasteiger partial charge in [0.25, 0.3) is 0 Å². The number of aliphatic hydroxyl groups excluding tert-OH is 1. The molecule has 3 nitrogen and oxygen atoms in total. The molecule has 0 amide bonds. The summed E-state index contributed by atoms with van der Waals surface area (Å²) in [5.41, 5.74) is 1.14. The molecule has 0 saturated carbocycles. The van der Waals surface area contributed by atoms with Gasteiger partial charge in [0, 0.05) is 19.4 Å². The van der Waals surface area contributed by atoms with Gasteiger partial charge >= 0.3 is 0 Å². The molecule has 0 aromatic rings. The van der Waals surface area contributed by atoms with Crippen molar-refractivity contribution >= 4 is 23.0 Å². The highest BCUT2D eigenvalue weighted by molar-refractivity contribution is 7.80. The number of carbonyl (C=O) groups excluding carboxylic acids is 1. The van der Waals surface area contributed by atoms with Gasteiger partial charge < -0.3 is 10.4 Å². The highest BCUT2D eigenvalue weighted by atomic mass is 32.1. The minimum atomic E-state index is -0.203. The topological polar surface area (TPSA) is 49.3 Å². The van der Waals surface area contributed by atoms with Crippen molar-refractivity contribution in [2.24, 2.45) is 5.41 Å². The number of carbonyl (C=O) groups is 1. The molecule has 0 radical (unpaired) electrons. The monoisotopic (exact) mass is 305 g/mol. The Balaban J connectivity index is 2.72. The van der Waals surface area contributed by atoms with E-state index in [0.29, 0.717) is 24.4 Å². The standard InChI is InChI=1S/C17H23NO2S/c1-5-6-7-8-12(2)11-18-16(21)15-13(19)9-17(3,4)10-14(15)20/h5-8,19H,1,9-11H2,2-4H3,(H,18,21)/b7-6-,12-8+. The first kappa shape index (κ1) is 17.4. The van der Waals surface area contributed by atoms with E-state index in [2.05, 4.69) is 11.9 Å². The lowest BCUT2D eigenvalue weighted by Crippen LogP contribution is -2.34. The van der Waals surface area contributed by atoms with Gasteiger partial charge in [-0.2, -0.15) is 0 Å². The summed E-state index contributed by atoms with van der Waals surface area (Å²) in [5, 5.41) is 13.1. The molecule has 21 heavy (non-hydrogen) atoms. The largest absolute Gasteiger partial charge is 0.511 e. The van der Waals surface area contributed by atoms with Gasteiger partial charge in [-0.15, -0.1) is 0 Å². The van der Waals surface area contributed by atoms with Crippen molar-refractivity contribution < 1.29 is 9.90 Å². The van der Waals surface area contributed by atoms with Crippen molar-refractivity contribution in [3.63, 3.8) is 0 Å². The molecule has 0 bridgehead atoms. The number of rotatable bonds is 5. The predicted molar refractivity (Wildman–Crippen MR) is 91.4 cm³/mol. The lowest BCUT2D eigenvalue weighted by atomic mass is 9.76. The summed E-state index contributed by atoms with van der Waals surface area (Å²) in [6.07, 6.45) is 8.25. The second-order valence-corrected chi connectivity index (χ2v) is 6.49. The Morgan fingerprint density at radius 2 is 2.10 bits per heavy atom. The molecule has 1 aliphatic rings. The molecule has 0 aromatic carbocycles. The van der Waals surface area contributed by atoms with Crippen LogP contribution in [-0.4, -0.2) is 22.4 Å². The van der Waals surface area contributed by atoms with Crippen LogP contribution in [0.4, 0.5) is 0 Å². The van der Waals surface area contributed by atoms with Gasteiger partial charge in [-0.05, 0) is 12.3 Å². The van der Waals surface area contributed by atoms with E-state index in [4.69, 9.17) is 12.2 Å². The number of hydrogen-bond donors (Lipinski definition) is 2. The molecule has 0 atom stereocenters. The van der Waals surface area contributed by atoms with Crippen LogP contribution in [0.1, 0.15) is 33.6 Å². The molecule has 0 aliphatic heterocycles. The van der Waals surface area contributed by atoms with E-state index in [1.807, 2.05) is 39.0 Å². The van der Waals surface area contributed by atoms with Crippen LogP contribution in [-0.2, 0) is 4.79 Å². The quantitative estimate of drug-likeness (QED) is 0.599. The predicted octanol–water partition coefficient (Wildman–Crippen LogP) is 3.79. The Bertz CT molecular complexity index is 539. The molecule has 0 unspecified atom stereocenters. The summed E-state index contributed by atoms with van der Waals surface area (Å²) in [6, 6.07) is 0. The first-order valence-corrected chi connectivity index (χ1v) is 7.36. The van der Waals surface area contributed by atoms with E-state index in [-0.39, 0.29) is 22.5 Å². The Labute approximate surface area is 132 Å². The van der Waals surface area contributed by atoms with E-state index in [0.717, 1.165) is 5.57 Å². The van der Waals surface area contributed by atoms with Crippen LogP contribution in [0.5, 0.6) is 0 Å². The van der Waals surface area contributed by atoms with Crippen LogP contribution in [0.3, 0.4) is 0 Å². The van der Waals surface area contributed by atoms with Crippen LogP contribution in [0, 0.1) is 5.41 Å². The third-order valence-corrected chi connectivity index (χ3v) is 3.58. The van der Waals surface area contributed by atoms with Gasteiger partial charge in [-0.25, -0.2) is 0 Å². The molecule has 1 aliphatic carbocycles. The summed E-state index contributed by atoms with van der Waals surface area (Å²) in [6.45, 7) is 10.0. The molecule has 0 aromatic heterocycles. The fourth-order valence-corrected chi connectivity index (χ4v) is 2.52. The fourth-order valence-electron chi connectivity index (χ4n) is 2.21. The van der Waals surface area contributed by atoms with E-state index in [9.17, 15) is 9.90 Å². The Kier molecular flexibility index (Phi) is 6.09. The van der Waals surface area contributed by atoms with Gasteiger partial charge in [-0.1, -0.05) is 62.5 Å². The van der Waals surface area contributed by atoms with Gasteiger partial charge in [0.1, 0.15) is 10.7 Å². The maximum atomic E-state index is 12.1. The molecule has 2 N–H and O–H groups in total. The van der Waals surface area contributed by atoms with E-state index < -0.39 is 0 Å². The number of ketones is 1. The SMILES string of the molecule is C=C/C=C\C=C(/C)CNC(=S)C1=C(O)CC(C)(C)CC1=O. The van der Waals surface area contributed by atoms with Crippen LogP contribution in [0.15, 0.2) is 47.8 Å². The molecule has 0 fully saturated rings. The third kappa shape index (κ3) is 5.31. The molecular weight excluding hydrogens is 282 g/mol. The smallest absolute Gasteiger partial charge is 0.169 e. The van der Waals surface area contributed by atoms with Crippen LogP contribution in [0.2, 0.25) is 0 Å². The summed E-state index contributed by atoms with van der Waals surface area (Å²) in [7, 11) is 0. The highest BCUT2D eigenvalue weighted by Crippen LogP contribution is 2.35. The van der Waals surface area contributed by atoms with Crippen molar-refractivity contribution in [1.29, 1.82) is 0 Å². The van der Waals surface area contributed by atoms with E-state index in [1.165, 1.54) is 0 Å². The van der Waals surface area contributed by atoms with Crippen molar-refractivity contribution in [2.75, 3.05) is 6.54 Å². The zero-order valence-electron chi connectivity index (χ0n) is 12.9. The summed E-state index contributed by atoms with van der Waals surface area (Å²) in [5.74, 6) is 0.0105. The maximum Gasteiger partial charge on any atom is 0.169 e. The average Bonchev–Trinajstić information content (AvgIpc) is 2.34. The number of aliphatic hydroxyl groups is 1. The second kappa shape index (κ2) is 7.36. The second-order valence-electron chi connectivity index (χ2n) is 6.08. The molecule has 1 rings (SSSR count). The number of Topliss-reactive ketones (excluding diaryl/α,β-unsaturated/α-hetero) is 1. The lowest BCUT2D eigenvalue weighted by Gasteiger charge is -2.29. The highest BCUT2D eigenvalue weighted by Gasteiger charge is 2.34. The van der Waals surface area contributed by atoms with Crippen molar-refractivity contribution in [3.8, 4) is 0 Å². The summed E-state index contributed by atoms with van der Waals surface area (Å²) >= 11 is 5.25. The van der Waals surface area contributed by atoms with Crippen molar-refractivity contribution in [2.45, 2.75) is 33.6 Å². The van der Waals surface area contributed by atoms with Crippen molar-refractivity contribution in [3.05, 3.63) is 47.8 Å². The number of allylic oxidation sites excluding steroid dienone is 5.